The maximum absolute atomic E-state index is 5.56. The summed E-state index contributed by atoms with van der Waals surface area (Å²) in [6.07, 6.45) is 6.78. The Balaban J connectivity index is 4.26. The molecule has 0 aliphatic heterocycles. The van der Waals surface area contributed by atoms with Gasteiger partial charge in [-0.1, -0.05) is 32.1 Å². The zero-order valence-electron chi connectivity index (χ0n) is 8.30. The van der Waals surface area contributed by atoms with E-state index in [0.29, 0.717) is 5.92 Å². The molecule has 0 aromatic carbocycles. The number of rotatable bonds is 4. The molecule has 0 radical (unpaired) electrons. The van der Waals surface area contributed by atoms with Gasteiger partial charge in [-0.2, -0.15) is 0 Å². The zero-order chi connectivity index (χ0) is 9.56. The second-order valence-electron chi connectivity index (χ2n) is 3.09. The fourth-order valence-electron chi connectivity index (χ4n) is 0.782. The third-order valence-corrected chi connectivity index (χ3v) is 2.16. The number of nitrogens with two attached hydrogens (primary N) is 1. The molecule has 0 spiro atoms. The van der Waals surface area contributed by atoms with Gasteiger partial charge in [-0.3, -0.25) is 0 Å². The van der Waals surface area contributed by atoms with E-state index in [2.05, 4.69) is 33.4 Å². The monoisotopic (exact) mass is 165 g/mol. The van der Waals surface area contributed by atoms with Gasteiger partial charge in [0.25, 0.3) is 0 Å². The molecule has 0 saturated heterocycles. The van der Waals surface area contributed by atoms with Crippen LogP contribution in [0.1, 0.15) is 27.2 Å². The van der Waals surface area contributed by atoms with Gasteiger partial charge >= 0.3 is 0 Å². The topological polar surface area (TPSA) is 26.0 Å². The average Bonchev–Trinajstić information content (AvgIpc) is 2.11. The van der Waals surface area contributed by atoms with Crippen molar-refractivity contribution >= 4 is 0 Å². The molecule has 0 heterocycles. The molecule has 0 amide bonds. The molecule has 1 atom stereocenters. The highest BCUT2D eigenvalue weighted by atomic mass is 14.5. The summed E-state index contributed by atoms with van der Waals surface area (Å²) in [4.78, 5) is 0. The van der Waals surface area contributed by atoms with Crippen molar-refractivity contribution in [3.05, 3.63) is 36.1 Å². The first-order valence-electron chi connectivity index (χ1n) is 4.38. The normalized spacial score (nSPS) is 15.9. The summed E-state index contributed by atoms with van der Waals surface area (Å²) in [5.74, 6) is 0.638. The SMILES string of the molecule is C=C/C(N)=C\C=C(\C)[C@H](C)CC. The van der Waals surface area contributed by atoms with Crippen LogP contribution < -0.4 is 5.73 Å². The van der Waals surface area contributed by atoms with Crippen molar-refractivity contribution in [2.75, 3.05) is 0 Å². The van der Waals surface area contributed by atoms with Crippen LogP contribution in [-0.4, -0.2) is 0 Å². The minimum Gasteiger partial charge on any atom is -0.399 e. The molecular formula is C11H19N. The van der Waals surface area contributed by atoms with Crippen LogP contribution >= 0.6 is 0 Å². The van der Waals surface area contributed by atoms with Gasteiger partial charge < -0.3 is 5.73 Å². The molecule has 1 heteroatoms. The third kappa shape index (κ3) is 4.02. The van der Waals surface area contributed by atoms with E-state index in [-0.39, 0.29) is 0 Å². The lowest BCUT2D eigenvalue weighted by atomic mass is 10.00. The summed E-state index contributed by atoms with van der Waals surface area (Å²) in [7, 11) is 0. The van der Waals surface area contributed by atoms with Gasteiger partial charge in [0.1, 0.15) is 0 Å². The summed E-state index contributed by atoms with van der Waals surface area (Å²) in [5.41, 5.74) is 7.64. The quantitative estimate of drug-likeness (QED) is 0.637. The van der Waals surface area contributed by atoms with Crippen LogP contribution in [-0.2, 0) is 0 Å². The van der Waals surface area contributed by atoms with Crippen molar-refractivity contribution in [3.63, 3.8) is 0 Å². The summed E-state index contributed by atoms with van der Waals surface area (Å²) in [6, 6.07) is 0. The van der Waals surface area contributed by atoms with E-state index >= 15 is 0 Å². The van der Waals surface area contributed by atoms with Crippen molar-refractivity contribution < 1.29 is 0 Å². The van der Waals surface area contributed by atoms with Crippen LogP contribution in [0, 0.1) is 5.92 Å². The summed E-state index contributed by atoms with van der Waals surface area (Å²) < 4.78 is 0. The van der Waals surface area contributed by atoms with Crippen molar-refractivity contribution in [2.45, 2.75) is 27.2 Å². The van der Waals surface area contributed by atoms with Crippen LogP contribution in [0.3, 0.4) is 0 Å². The van der Waals surface area contributed by atoms with E-state index < -0.39 is 0 Å². The summed E-state index contributed by atoms with van der Waals surface area (Å²) in [6.45, 7) is 10.1. The Bertz CT molecular complexity index is 199. The molecule has 0 saturated carbocycles. The largest absolute Gasteiger partial charge is 0.399 e. The van der Waals surface area contributed by atoms with Crippen LogP contribution in [0.25, 0.3) is 0 Å². The molecule has 0 bridgehead atoms. The van der Waals surface area contributed by atoms with Gasteiger partial charge in [0, 0.05) is 5.70 Å². The molecule has 0 unspecified atom stereocenters. The fourth-order valence-corrected chi connectivity index (χ4v) is 0.782. The average molecular weight is 165 g/mol. The van der Waals surface area contributed by atoms with Gasteiger partial charge in [0.05, 0.1) is 0 Å². The number of allylic oxidation sites excluding steroid dienone is 4. The Morgan fingerprint density at radius 1 is 1.50 bits per heavy atom. The highest BCUT2D eigenvalue weighted by Gasteiger charge is 1.98. The Labute approximate surface area is 75.7 Å². The second kappa shape index (κ2) is 5.64. The minimum absolute atomic E-state index is 0.638. The van der Waals surface area contributed by atoms with E-state index in [1.54, 1.807) is 6.08 Å². The third-order valence-electron chi connectivity index (χ3n) is 2.16. The molecule has 68 valence electrons. The zero-order valence-corrected chi connectivity index (χ0v) is 8.30. The van der Waals surface area contributed by atoms with Gasteiger partial charge in [-0.15, -0.1) is 0 Å². The minimum atomic E-state index is 0.638. The van der Waals surface area contributed by atoms with E-state index in [0.717, 1.165) is 5.70 Å². The Hall–Kier alpha value is -0.980. The first kappa shape index (κ1) is 11.0. The lowest BCUT2D eigenvalue weighted by Crippen LogP contribution is -1.94. The van der Waals surface area contributed by atoms with Crippen LogP contribution in [0.2, 0.25) is 0 Å². The van der Waals surface area contributed by atoms with Gasteiger partial charge in [-0.25, -0.2) is 0 Å². The predicted octanol–water partition coefficient (Wildman–Crippen LogP) is 3.01. The van der Waals surface area contributed by atoms with E-state index in [1.807, 2.05) is 6.08 Å². The highest BCUT2D eigenvalue weighted by Crippen LogP contribution is 2.12. The first-order chi connectivity index (χ1) is 5.61. The molecular weight excluding hydrogens is 146 g/mol. The first-order valence-corrected chi connectivity index (χ1v) is 4.38. The van der Waals surface area contributed by atoms with E-state index in [9.17, 15) is 0 Å². The maximum Gasteiger partial charge on any atom is 0.0308 e. The van der Waals surface area contributed by atoms with Gasteiger partial charge in [0.15, 0.2) is 0 Å². The maximum atomic E-state index is 5.56. The smallest absolute Gasteiger partial charge is 0.0308 e. The van der Waals surface area contributed by atoms with Crippen molar-refractivity contribution in [2.24, 2.45) is 11.7 Å². The molecule has 0 aromatic heterocycles. The lowest BCUT2D eigenvalue weighted by molar-refractivity contribution is 0.655. The van der Waals surface area contributed by atoms with Crippen molar-refractivity contribution in [1.82, 2.24) is 0 Å². The van der Waals surface area contributed by atoms with Crippen molar-refractivity contribution in [3.8, 4) is 0 Å². The highest BCUT2D eigenvalue weighted by molar-refractivity contribution is 5.21. The Morgan fingerprint density at radius 2 is 2.08 bits per heavy atom. The van der Waals surface area contributed by atoms with Gasteiger partial charge in [-0.05, 0) is 31.4 Å². The fraction of sp³-hybridized carbons (Fsp3) is 0.455. The van der Waals surface area contributed by atoms with Crippen LogP contribution in [0.5, 0.6) is 0 Å². The molecule has 0 aliphatic rings. The van der Waals surface area contributed by atoms with Crippen LogP contribution in [0.15, 0.2) is 36.1 Å². The Kier molecular flexibility index (Phi) is 5.18. The number of hydrogen-bond donors (Lipinski definition) is 1. The lowest BCUT2D eigenvalue weighted by Gasteiger charge is -2.07. The number of hydrogen-bond acceptors (Lipinski definition) is 1. The predicted molar refractivity (Wildman–Crippen MR) is 55.7 cm³/mol. The van der Waals surface area contributed by atoms with E-state index in [4.69, 9.17) is 5.73 Å². The molecule has 0 aliphatic carbocycles. The standard InChI is InChI=1S/C11H19N/c1-5-9(3)10(4)7-8-11(12)6-2/h6-9H,2,5,12H2,1,3-4H3/b10-7-,11-8+/t9-/m1/s1. The molecule has 0 rings (SSSR count). The molecule has 2 N–H and O–H groups in total. The summed E-state index contributed by atoms with van der Waals surface area (Å²) in [5, 5.41) is 0. The summed E-state index contributed by atoms with van der Waals surface area (Å²) >= 11 is 0. The second-order valence-corrected chi connectivity index (χ2v) is 3.09. The molecule has 0 fully saturated rings. The van der Waals surface area contributed by atoms with E-state index in [1.165, 1.54) is 12.0 Å². The molecule has 12 heavy (non-hydrogen) atoms. The molecule has 1 nitrogen and oxygen atoms in total. The van der Waals surface area contributed by atoms with Crippen LogP contribution in [0.4, 0.5) is 0 Å². The molecule has 0 aromatic rings. The Morgan fingerprint density at radius 3 is 2.50 bits per heavy atom. The van der Waals surface area contributed by atoms with Gasteiger partial charge in [0.2, 0.25) is 0 Å². The van der Waals surface area contributed by atoms with Crippen molar-refractivity contribution in [1.29, 1.82) is 0 Å².